The summed E-state index contributed by atoms with van der Waals surface area (Å²) in [6.45, 7) is 0.450. The number of rotatable bonds is 6. The van der Waals surface area contributed by atoms with Gasteiger partial charge in [-0.3, -0.25) is 4.79 Å². The van der Waals surface area contributed by atoms with E-state index in [0.29, 0.717) is 12.5 Å². The molecule has 5 heteroatoms. The molecule has 0 saturated heterocycles. The van der Waals surface area contributed by atoms with Gasteiger partial charge in [0.2, 0.25) is 0 Å². The van der Waals surface area contributed by atoms with Crippen LogP contribution in [0.25, 0.3) is 22.8 Å². The van der Waals surface area contributed by atoms with E-state index in [1.54, 1.807) is 0 Å². The van der Waals surface area contributed by atoms with Gasteiger partial charge in [0.1, 0.15) is 0 Å². The molecule has 0 radical (unpaired) electrons. The number of H-pyrrole nitrogens is 3. The monoisotopic (exact) mass is 363 g/mol. The van der Waals surface area contributed by atoms with Crippen LogP contribution in [0.1, 0.15) is 31.4 Å². The topological polar surface area (TPSA) is 73.7 Å². The third-order valence-electron chi connectivity index (χ3n) is 6.27. The predicted molar refractivity (Wildman–Crippen MR) is 104 cm³/mol. The molecule has 3 aromatic rings. The van der Waals surface area contributed by atoms with Gasteiger partial charge in [-0.25, -0.2) is 0 Å². The maximum absolute atomic E-state index is 12.3. The first kappa shape index (κ1) is 16.5. The Labute approximate surface area is 158 Å². The number of nitrogens with one attached hydrogen (secondary N) is 3. The number of ether oxygens (including phenoxy) is 1. The fourth-order valence-electron chi connectivity index (χ4n) is 4.85. The van der Waals surface area contributed by atoms with Crippen LogP contribution in [0.5, 0.6) is 0 Å². The summed E-state index contributed by atoms with van der Waals surface area (Å²) in [5.41, 5.74) is 5.31. The van der Waals surface area contributed by atoms with E-state index in [0.717, 1.165) is 47.2 Å². The molecule has 2 fully saturated rings. The highest BCUT2D eigenvalue weighted by molar-refractivity contribution is 5.73. The molecule has 0 amide bonds. The minimum absolute atomic E-state index is 0.0222. The summed E-state index contributed by atoms with van der Waals surface area (Å²) in [7, 11) is 0. The number of fused-ring (bicyclic) bond motifs is 2. The maximum Gasteiger partial charge on any atom is 0.309 e. The smallest absolute Gasteiger partial charge is 0.309 e. The number of carbonyl (C=O) groups is 1. The van der Waals surface area contributed by atoms with Crippen LogP contribution < -0.4 is 0 Å². The summed E-state index contributed by atoms with van der Waals surface area (Å²) in [6.07, 6.45) is 7.44. The lowest BCUT2D eigenvalue weighted by atomic mass is 9.89. The van der Waals surface area contributed by atoms with Gasteiger partial charge in [0.15, 0.2) is 0 Å². The molecule has 2 aliphatic rings. The van der Waals surface area contributed by atoms with E-state index in [4.69, 9.17) is 4.74 Å². The largest absolute Gasteiger partial charge is 0.465 e. The van der Waals surface area contributed by atoms with Crippen LogP contribution in [0.15, 0.2) is 42.6 Å². The Morgan fingerprint density at radius 3 is 2.52 bits per heavy atom. The summed E-state index contributed by atoms with van der Waals surface area (Å²) < 4.78 is 5.58. The molecular weight excluding hydrogens is 338 g/mol. The fraction of sp³-hybridized carbons (Fsp3) is 0.409. The molecule has 140 valence electrons. The Morgan fingerprint density at radius 2 is 1.78 bits per heavy atom. The van der Waals surface area contributed by atoms with Crippen LogP contribution in [0, 0.1) is 17.8 Å². The molecule has 3 unspecified atom stereocenters. The van der Waals surface area contributed by atoms with Crippen molar-refractivity contribution in [3.63, 3.8) is 0 Å². The highest BCUT2D eigenvalue weighted by Gasteiger charge is 2.43. The summed E-state index contributed by atoms with van der Waals surface area (Å²) in [5.74, 6) is 1.54. The van der Waals surface area contributed by atoms with Crippen molar-refractivity contribution in [3.8, 4) is 22.8 Å². The number of hydrogen-bond donors (Lipinski definition) is 3. The molecule has 3 aromatic heterocycles. The quantitative estimate of drug-likeness (QED) is 0.563. The second kappa shape index (κ2) is 6.80. The Balaban J connectivity index is 1.16. The van der Waals surface area contributed by atoms with Gasteiger partial charge in [0, 0.05) is 18.3 Å². The Kier molecular flexibility index (Phi) is 4.15. The van der Waals surface area contributed by atoms with Crippen molar-refractivity contribution in [1.29, 1.82) is 0 Å². The van der Waals surface area contributed by atoms with Crippen LogP contribution in [0.4, 0.5) is 0 Å². The number of hydrogen-bond acceptors (Lipinski definition) is 2. The lowest BCUT2D eigenvalue weighted by Crippen LogP contribution is -2.24. The number of aromatic amines is 3. The van der Waals surface area contributed by atoms with Gasteiger partial charge in [-0.15, -0.1) is 0 Å². The molecule has 0 aliphatic heterocycles. The van der Waals surface area contributed by atoms with Gasteiger partial charge in [-0.05, 0) is 67.5 Å². The Bertz CT molecular complexity index is 921. The van der Waals surface area contributed by atoms with Crippen molar-refractivity contribution >= 4 is 5.97 Å². The standard InChI is InChI=1S/C22H25N3O2/c26-22(17-13-14-3-4-15(17)12-14)27-11-9-16-5-6-20(24-16)21-8-7-19(25-21)18-2-1-10-23-18/h1-2,5-8,10,14-15,17,23-25H,3-4,9,11-13H2. The molecule has 0 spiro atoms. The van der Waals surface area contributed by atoms with E-state index in [9.17, 15) is 4.79 Å². The lowest BCUT2D eigenvalue weighted by Gasteiger charge is -2.19. The van der Waals surface area contributed by atoms with Crippen molar-refractivity contribution in [2.24, 2.45) is 17.8 Å². The maximum atomic E-state index is 12.3. The summed E-state index contributed by atoms with van der Waals surface area (Å²) in [6, 6.07) is 12.3. The van der Waals surface area contributed by atoms with E-state index in [1.807, 2.05) is 18.3 Å². The van der Waals surface area contributed by atoms with Gasteiger partial charge in [-0.2, -0.15) is 0 Å². The summed E-state index contributed by atoms with van der Waals surface area (Å²) in [4.78, 5) is 22.4. The Morgan fingerprint density at radius 1 is 0.963 bits per heavy atom. The molecule has 3 N–H and O–H groups in total. The summed E-state index contributed by atoms with van der Waals surface area (Å²) >= 11 is 0. The molecule has 2 saturated carbocycles. The van der Waals surface area contributed by atoms with Crippen molar-refractivity contribution in [2.45, 2.75) is 32.1 Å². The first-order chi connectivity index (χ1) is 13.3. The minimum Gasteiger partial charge on any atom is -0.465 e. The molecule has 3 atom stereocenters. The van der Waals surface area contributed by atoms with Gasteiger partial charge in [0.25, 0.3) is 0 Å². The minimum atomic E-state index is 0.0222. The molecule has 5 rings (SSSR count). The van der Waals surface area contributed by atoms with Crippen LogP contribution >= 0.6 is 0 Å². The molecule has 2 aliphatic carbocycles. The summed E-state index contributed by atoms with van der Waals surface area (Å²) in [5, 5.41) is 0. The molecule has 2 bridgehead atoms. The van der Waals surface area contributed by atoms with Gasteiger partial charge in [-0.1, -0.05) is 6.42 Å². The zero-order valence-electron chi connectivity index (χ0n) is 15.3. The molecule has 27 heavy (non-hydrogen) atoms. The molecule has 3 heterocycles. The average Bonchev–Trinajstić information content (AvgIpc) is 3.50. The van der Waals surface area contributed by atoms with Crippen molar-refractivity contribution in [3.05, 3.63) is 48.3 Å². The predicted octanol–water partition coefficient (Wildman–Crippen LogP) is 4.53. The van der Waals surface area contributed by atoms with Crippen molar-refractivity contribution in [1.82, 2.24) is 15.0 Å². The van der Waals surface area contributed by atoms with Crippen molar-refractivity contribution < 1.29 is 9.53 Å². The first-order valence-corrected chi connectivity index (χ1v) is 9.94. The third kappa shape index (κ3) is 3.22. The SMILES string of the molecule is O=C(OCCc1ccc(-c2ccc(-c3ccc[nH]3)[nH]2)[nH]1)C1CC2CCC1C2. The number of aromatic nitrogens is 3. The lowest BCUT2D eigenvalue weighted by molar-refractivity contribution is -0.150. The molecular formula is C22H25N3O2. The second-order valence-corrected chi connectivity index (χ2v) is 7.97. The van der Waals surface area contributed by atoms with E-state index < -0.39 is 0 Å². The third-order valence-corrected chi connectivity index (χ3v) is 6.27. The van der Waals surface area contributed by atoms with E-state index in [2.05, 4.69) is 39.2 Å². The first-order valence-electron chi connectivity index (χ1n) is 9.94. The second-order valence-electron chi connectivity index (χ2n) is 7.97. The average molecular weight is 363 g/mol. The highest BCUT2D eigenvalue weighted by atomic mass is 16.5. The number of esters is 1. The van der Waals surface area contributed by atoms with Gasteiger partial charge >= 0.3 is 5.97 Å². The van der Waals surface area contributed by atoms with E-state index in [1.165, 1.54) is 19.3 Å². The van der Waals surface area contributed by atoms with Crippen LogP contribution in [-0.2, 0) is 16.0 Å². The zero-order valence-corrected chi connectivity index (χ0v) is 15.3. The number of carbonyl (C=O) groups excluding carboxylic acids is 1. The molecule has 0 aromatic carbocycles. The van der Waals surface area contributed by atoms with Gasteiger partial charge < -0.3 is 19.7 Å². The van der Waals surface area contributed by atoms with Crippen LogP contribution in [0.2, 0.25) is 0 Å². The fourth-order valence-corrected chi connectivity index (χ4v) is 4.85. The van der Waals surface area contributed by atoms with E-state index in [-0.39, 0.29) is 11.9 Å². The van der Waals surface area contributed by atoms with E-state index >= 15 is 0 Å². The van der Waals surface area contributed by atoms with Crippen LogP contribution in [0.3, 0.4) is 0 Å². The zero-order chi connectivity index (χ0) is 18.2. The van der Waals surface area contributed by atoms with Gasteiger partial charge in [0.05, 0.1) is 35.3 Å². The van der Waals surface area contributed by atoms with Crippen LogP contribution in [-0.4, -0.2) is 27.5 Å². The van der Waals surface area contributed by atoms with Crippen molar-refractivity contribution in [2.75, 3.05) is 6.61 Å². The highest BCUT2D eigenvalue weighted by Crippen LogP contribution is 2.48. The Hall–Kier alpha value is -2.69. The normalized spacial score (nSPS) is 23.8. The molecule has 5 nitrogen and oxygen atoms in total.